The van der Waals surface area contributed by atoms with E-state index in [1.165, 1.54) is 12.1 Å². The lowest BCUT2D eigenvalue weighted by Gasteiger charge is -2.26. The quantitative estimate of drug-likeness (QED) is 0.675. The van der Waals surface area contributed by atoms with Gasteiger partial charge in [-0.3, -0.25) is 4.79 Å². The Morgan fingerprint density at radius 3 is 2.22 bits per heavy atom. The molecule has 1 aromatic carbocycles. The predicted octanol–water partition coefficient (Wildman–Crippen LogP) is 4.15. The second-order valence-electron chi connectivity index (χ2n) is 4.88. The van der Waals surface area contributed by atoms with Crippen LogP contribution in [-0.2, 0) is 0 Å². The van der Waals surface area contributed by atoms with Gasteiger partial charge in [-0.2, -0.15) is 0 Å². The first-order valence-electron chi connectivity index (χ1n) is 7.00. The second kappa shape index (κ2) is 7.20. The van der Waals surface area contributed by atoms with Gasteiger partial charge >= 0.3 is 0 Å². The third-order valence-corrected chi connectivity index (χ3v) is 3.49. The molecule has 1 aromatic rings. The van der Waals surface area contributed by atoms with Crippen LogP contribution in [0.5, 0.6) is 0 Å². The van der Waals surface area contributed by atoms with E-state index in [0.717, 1.165) is 18.7 Å². The van der Waals surface area contributed by atoms with Crippen LogP contribution in [0.4, 0.5) is 5.69 Å². The van der Waals surface area contributed by atoms with Gasteiger partial charge in [0.15, 0.2) is 5.78 Å². The molecule has 0 spiro atoms. The topological polar surface area (TPSA) is 20.3 Å². The Hall–Kier alpha value is -1.31. The van der Waals surface area contributed by atoms with E-state index in [1.807, 2.05) is 19.1 Å². The van der Waals surface area contributed by atoms with Crippen molar-refractivity contribution >= 4 is 11.5 Å². The number of carbonyl (C=O) groups excluding carboxylic acids is 1. The first-order chi connectivity index (χ1) is 8.62. The molecule has 0 aliphatic heterocycles. The number of ketones is 1. The molecule has 1 unspecified atom stereocenters. The van der Waals surface area contributed by atoms with Gasteiger partial charge in [-0.15, -0.1) is 0 Å². The van der Waals surface area contributed by atoms with Crippen molar-refractivity contribution in [1.82, 2.24) is 0 Å². The maximum atomic E-state index is 11.6. The maximum Gasteiger partial charge on any atom is 0.162 e. The van der Waals surface area contributed by atoms with Gasteiger partial charge in [0.1, 0.15) is 0 Å². The molecule has 0 bridgehead atoms. The minimum Gasteiger partial charge on any atom is -0.372 e. The molecule has 0 heterocycles. The summed E-state index contributed by atoms with van der Waals surface area (Å²) < 4.78 is 0. The molecule has 0 aliphatic carbocycles. The fourth-order valence-corrected chi connectivity index (χ4v) is 1.98. The normalized spacial score (nSPS) is 12.2. The highest BCUT2D eigenvalue weighted by Crippen LogP contribution is 2.18. The molecule has 18 heavy (non-hydrogen) atoms. The highest BCUT2D eigenvalue weighted by molar-refractivity contribution is 5.96. The van der Waals surface area contributed by atoms with Gasteiger partial charge in [0.25, 0.3) is 0 Å². The largest absolute Gasteiger partial charge is 0.372 e. The molecule has 0 radical (unpaired) electrons. The standard InChI is InChI=1S/C16H25NO/c1-5-13(4)12-17(7-3)15-10-8-14(9-11-15)16(18)6-2/h8-11,13H,5-7,12H2,1-4H3. The molecule has 0 saturated heterocycles. The number of Topliss-reactive ketones (excluding diaryl/α,β-unsaturated/α-hetero) is 1. The molecule has 0 aromatic heterocycles. The summed E-state index contributed by atoms with van der Waals surface area (Å²) in [6, 6.07) is 8.02. The molecular weight excluding hydrogens is 222 g/mol. The van der Waals surface area contributed by atoms with Gasteiger partial charge in [0, 0.05) is 30.8 Å². The first kappa shape index (κ1) is 14.7. The summed E-state index contributed by atoms with van der Waals surface area (Å²) in [6.07, 6.45) is 1.77. The third-order valence-electron chi connectivity index (χ3n) is 3.49. The molecule has 1 rings (SSSR count). The molecule has 0 fully saturated rings. The van der Waals surface area contributed by atoms with Crippen molar-refractivity contribution in [3.05, 3.63) is 29.8 Å². The second-order valence-corrected chi connectivity index (χ2v) is 4.88. The molecule has 0 saturated carbocycles. The number of hydrogen-bond acceptors (Lipinski definition) is 2. The van der Waals surface area contributed by atoms with Crippen molar-refractivity contribution in [3.63, 3.8) is 0 Å². The van der Waals surface area contributed by atoms with Gasteiger partial charge in [-0.25, -0.2) is 0 Å². The smallest absolute Gasteiger partial charge is 0.162 e. The van der Waals surface area contributed by atoms with Crippen LogP contribution in [0.25, 0.3) is 0 Å². The van der Waals surface area contributed by atoms with Crippen LogP contribution >= 0.6 is 0 Å². The average molecular weight is 247 g/mol. The molecule has 2 heteroatoms. The van der Waals surface area contributed by atoms with E-state index in [9.17, 15) is 4.79 Å². The van der Waals surface area contributed by atoms with E-state index < -0.39 is 0 Å². The Kier molecular flexibility index (Phi) is 5.90. The van der Waals surface area contributed by atoms with E-state index >= 15 is 0 Å². The van der Waals surface area contributed by atoms with Crippen molar-refractivity contribution in [2.45, 2.75) is 40.5 Å². The molecule has 1 atom stereocenters. The van der Waals surface area contributed by atoms with E-state index in [4.69, 9.17) is 0 Å². The van der Waals surface area contributed by atoms with Crippen LogP contribution in [0, 0.1) is 5.92 Å². The zero-order valence-corrected chi connectivity index (χ0v) is 12.1. The lowest BCUT2D eigenvalue weighted by Crippen LogP contribution is -2.27. The highest BCUT2D eigenvalue weighted by Gasteiger charge is 2.09. The van der Waals surface area contributed by atoms with E-state index in [2.05, 4.69) is 37.8 Å². The number of benzene rings is 1. The van der Waals surface area contributed by atoms with Crippen LogP contribution < -0.4 is 4.90 Å². The SMILES string of the molecule is CCC(=O)c1ccc(N(CC)CC(C)CC)cc1. The lowest BCUT2D eigenvalue weighted by atomic mass is 10.1. The summed E-state index contributed by atoms with van der Waals surface area (Å²) in [5.41, 5.74) is 2.03. The van der Waals surface area contributed by atoms with Gasteiger partial charge < -0.3 is 4.90 Å². The zero-order valence-electron chi connectivity index (χ0n) is 12.1. The van der Waals surface area contributed by atoms with Crippen molar-refractivity contribution in [1.29, 1.82) is 0 Å². The fourth-order valence-electron chi connectivity index (χ4n) is 1.98. The molecule has 100 valence electrons. The van der Waals surface area contributed by atoms with Crippen LogP contribution in [-0.4, -0.2) is 18.9 Å². The summed E-state index contributed by atoms with van der Waals surface area (Å²) in [6.45, 7) is 10.7. The van der Waals surface area contributed by atoms with Gasteiger partial charge in [-0.1, -0.05) is 27.2 Å². The Morgan fingerprint density at radius 2 is 1.78 bits per heavy atom. The van der Waals surface area contributed by atoms with E-state index in [1.54, 1.807) is 0 Å². The number of rotatable bonds is 7. The van der Waals surface area contributed by atoms with Gasteiger partial charge in [0.05, 0.1) is 0 Å². The highest BCUT2D eigenvalue weighted by atomic mass is 16.1. The minimum atomic E-state index is 0.214. The van der Waals surface area contributed by atoms with Gasteiger partial charge in [0.2, 0.25) is 0 Å². The minimum absolute atomic E-state index is 0.214. The van der Waals surface area contributed by atoms with Crippen molar-refractivity contribution in [3.8, 4) is 0 Å². The van der Waals surface area contributed by atoms with Crippen LogP contribution in [0.3, 0.4) is 0 Å². The van der Waals surface area contributed by atoms with Crippen molar-refractivity contribution < 1.29 is 4.79 Å². The monoisotopic (exact) mass is 247 g/mol. The first-order valence-corrected chi connectivity index (χ1v) is 7.00. The van der Waals surface area contributed by atoms with Crippen LogP contribution in [0.1, 0.15) is 50.9 Å². The van der Waals surface area contributed by atoms with E-state index in [0.29, 0.717) is 12.3 Å². The van der Waals surface area contributed by atoms with Crippen LogP contribution in [0.2, 0.25) is 0 Å². The molecular formula is C16H25NO. The molecule has 0 N–H and O–H groups in total. The van der Waals surface area contributed by atoms with Crippen LogP contribution in [0.15, 0.2) is 24.3 Å². The summed E-state index contributed by atoms with van der Waals surface area (Å²) in [5.74, 6) is 0.911. The van der Waals surface area contributed by atoms with Crippen molar-refractivity contribution in [2.75, 3.05) is 18.0 Å². The summed E-state index contributed by atoms with van der Waals surface area (Å²) >= 11 is 0. The average Bonchev–Trinajstić information content (AvgIpc) is 2.43. The Labute approximate surface area is 111 Å². The number of anilines is 1. The fraction of sp³-hybridized carbons (Fsp3) is 0.562. The van der Waals surface area contributed by atoms with Crippen molar-refractivity contribution in [2.24, 2.45) is 5.92 Å². The third kappa shape index (κ3) is 3.86. The maximum absolute atomic E-state index is 11.6. The Morgan fingerprint density at radius 1 is 1.17 bits per heavy atom. The number of carbonyl (C=O) groups is 1. The lowest BCUT2D eigenvalue weighted by molar-refractivity contribution is 0.0988. The molecule has 2 nitrogen and oxygen atoms in total. The summed E-state index contributed by atoms with van der Waals surface area (Å²) in [7, 11) is 0. The summed E-state index contributed by atoms with van der Waals surface area (Å²) in [4.78, 5) is 13.9. The molecule has 0 aliphatic rings. The van der Waals surface area contributed by atoms with Gasteiger partial charge in [-0.05, 0) is 37.1 Å². The summed E-state index contributed by atoms with van der Waals surface area (Å²) in [5, 5.41) is 0. The zero-order chi connectivity index (χ0) is 13.5. The Balaban J connectivity index is 2.78. The Bertz CT molecular complexity index is 369. The predicted molar refractivity (Wildman–Crippen MR) is 78.4 cm³/mol. The number of hydrogen-bond donors (Lipinski definition) is 0. The number of nitrogens with zero attached hydrogens (tertiary/aromatic N) is 1. The molecule has 0 amide bonds. The van der Waals surface area contributed by atoms with E-state index in [-0.39, 0.29) is 5.78 Å².